The third kappa shape index (κ3) is 3.36. The fourth-order valence-electron chi connectivity index (χ4n) is 2.91. The van der Waals surface area contributed by atoms with E-state index in [2.05, 4.69) is 0 Å². The first-order valence-electron chi connectivity index (χ1n) is 8.32. The van der Waals surface area contributed by atoms with E-state index in [1.54, 1.807) is 42.5 Å². The second-order valence-corrected chi connectivity index (χ2v) is 6.00. The molecule has 0 N–H and O–H groups in total. The van der Waals surface area contributed by atoms with E-state index < -0.39 is 23.8 Å². The molecule has 0 unspecified atom stereocenters. The van der Waals surface area contributed by atoms with Crippen LogP contribution in [0.1, 0.15) is 33.2 Å². The molecule has 1 aliphatic heterocycles. The Morgan fingerprint density at radius 2 is 1.56 bits per heavy atom. The van der Waals surface area contributed by atoms with Gasteiger partial charge in [-0.2, -0.15) is 0 Å². The van der Waals surface area contributed by atoms with Gasteiger partial charge in [-0.3, -0.25) is 14.5 Å². The highest BCUT2D eigenvalue weighted by atomic mass is 16.5. The highest BCUT2D eigenvalue weighted by Crippen LogP contribution is 2.28. The summed E-state index contributed by atoms with van der Waals surface area (Å²) in [6, 6.07) is 10.6. The minimum atomic E-state index is -1.03. The van der Waals surface area contributed by atoms with Crippen LogP contribution in [0, 0.1) is 0 Å². The molecule has 27 heavy (non-hydrogen) atoms. The quantitative estimate of drug-likeness (QED) is 0.575. The van der Waals surface area contributed by atoms with Crippen molar-refractivity contribution >= 4 is 17.8 Å². The fraction of sp³-hybridized carbons (Fsp3) is 0.250. The lowest BCUT2D eigenvalue weighted by Gasteiger charge is -2.21. The molecule has 2 amide bonds. The van der Waals surface area contributed by atoms with E-state index in [-0.39, 0.29) is 6.61 Å². The molecular weight excluding hydrogens is 350 g/mol. The monoisotopic (exact) mass is 369 g/mol. The molecule has 0 bridgehead atoms. The maximum absolute atomic E-state index is 12.4. The minimum Gasteiger partial charge on any atom is -0.493 e. The summed E-state index contributed by atoms with van der Waals surface area (Å²) in [5, 5.41) is 0. The Labute approximate surface area is 156 Å². The molecule has 7 heteroatoms. The maximum atomic E-state index is 12.4. The standard InChI is InChI=1S/C20H19NO6/c1-12(21-18(22)14-6-4-5-7-15(14)19(21)23)20(24)27-11-13-8-9-16(25-2)17(10-13)26-3/h4-10,12H,11H2,1-3H3/t12-/m0/s1. The number of esters is 1. The number of rotatable bonds is 6. The summed E-state index contributed by atoms with van der Waals surface area (Å²) < 4.78 is 15.7. The van der Waals surface area contributed by atoms with Crippen LogP contribution < -0.4 is 9.47 Å². The van der Waals surface area contributed by atoms with Gasteiger partial charge in [-0.15, -0.1) is 0 Å². The molecule has 0 aromatic heterocycles. The summed E-state index contributed by atoms with van der Waals surface area (Å²) >= 11 is 0. The molecule has 0 radical (unpaired) electrons. The average Bonchev–Trinajstić information content (AvgIpc) is 2.96. The average molecular weight is 369 g/mol. The van der Waals surface area contributed by atoms with Gasteiger partial charge in [0.05, 0.1) is 25.3 Å². The topological polar surface area (TPSA) is 82.1 Å². The summed E-state index contributed by atoms with van der Waals surface area (Å²) in [6.45, 7) is 1.45. The first-order chi connectivity index (χ1) is 13.0. The van der Waals surface area contributed by atoms with E-state index in [1.807, 2.05) is 0 Å². The van der Waals surface area contributed by atoms with E-state index in [1.165, 1.54) is 21.1 Å². The normalized spacial score (nSPS) is 14.0. The Bertz CT molecular complexity index is 872. The van der Waals surface area contributed by atoms with Gasteiger partial charge in [-0.1, -0.05) is 18.2 Å². The second-order valence-electron chi connectivity index (χ2n) is 6.00. The van der Waals surface area contributed by atoms with Gasteiger partial charge in [0, 0.05) is 0 Å². The lowest BCUT2D eigenvalue weighted by atomic mass is 10.1. The molecule has 0 saturated carbocycles. The van der Waals surface area contributed by atoms with Gasteiger partial charge >= 0.3 is 5.97 Å². The van der Waals surface area contributed by atoms with Crippen molar-refractivity contribution in [1.29, 1.82) is 0 Å². The third-order valence-electron chi connectivity index (χ3n) is 4.38. The predicted molar refractivity (Wildman–Crippen MR) is 95.7 cm³/mol. The van der Waals surface area contributed by atoms with Crippen molar-refractivity contribution in [3.63, 3.8) is 0 Å². The highest BCUT2D eigenvalue weighted by Gasteiger charge is 2.41. The van der Waals surface area contributed by atoms with Gasteiger partial charge in [0.1, 0.15) is 12.6 Å². The Balaban J connectivity index is 1.69. The Morgan fingerprint density at radius 3 is 2.11 bits per heavy atom. The molecule has 2 aromatic carbocycles. The van der Waals surface area contributed by atoms with Gasteiger partial charge in [0.15, 0.2) is 11.5 Å². The van der Waals surface area contributed by atoms with Gasteiger partial charge in [0.2, 0.25) is 0 Å². The number of fused-ring (bicyclic) bond motifs is 1. The maximum Gasteiger partial charge on any atom is 0.329 e. The molecule has 3 rings (SSSR count). The lowest BCUT2D eigenvalue weighted by Crippen LogP contribution is -2.43. The van der Waals surface area contributed by atoms with E-state index >= 15 is 0 Å². The van der Waals surface area contributed by atoms with Crippen LogP contribution in [0.2, 0.25) is 0 Å². The smallest absolute Gasteiger partial charge is 0.329 e. The van der Waals surface area contributed by atoms with Crippen molar-refractivity contribution in [2.24, 2.45) is 0 Å². The van der Waals surface area contributed by atoms with Gasteiger partial charge in [-0.25, -0.2) is 4.79 Å². The first kappa shape index (κ1) is 18.4. The number of hydrogen-bond donors (Lipinski definition) is 0. The van der Waals surface area contributed by atoms with Crippen molar-refractivity contribution in [3.8, 4) is 11.5 Å². The van der Waals surface area contributed by atoms with Crippen molar-refractivity contribution in [2.45, 2.75) is 19.6 Å². The summed E-state index contributed by atoms with van der Waals surface area (Å²) in [6.07, 6.45) is 0. The number of amides is 2. The highest BCUT2D eigenvalue weighted by molar-refractivity contribution is 6.22. The Morgan fingerprint density at radius 1 is 0.963 bits per heavy atom. The van der Waals surface area contributed by atoms with Crippen molar-refractivity contribution in [3.05, 3.63) is 59.2 Å². The number of ether oxygens (including phenoxy) is 3. The zero-order chi connectivity index (χ0) is 19.6. The number of imide groups is 1. The van der Waals surface area contributed by atoms with E-state index in [9.17, 15) is 14.4 Å². The predicted octanol–water partition coefficient (Wildman–Crippen LogP) is 2.43. The van der Waals surface area contributed by atoms with Crippen LogP contribution >= 0.6 is 0 Å². The molecule has 2 aromatic rings. The number of benzene rings is 2. The van der Waals surface area contributed by atoms with Crippen LogP contribution in [0.3, 0.4) is 0 Å². The molecule has 0 saturated heterocycles. The summed E-state index contributed by atoms with van der Waals surface area (Å²) in [5.41, 5.74) is 1.28. The molecule has 1 atom stereocenters. The summed E-state index contributed by atoms with van der Waals surface area (Å²) in [4.78, 5) is 38.2. The van der Waals surface area contributed by atoms with Crippen molar-refractivity contribution in [1.82, 2.24) is 4.90 Å². The number of carbonyl (C=O) groups excluding carboxylic acids is 3. The number of carbonyl (C=O) groups is 3. The zero-order valence-corrected chi connectivity index (χ0v) is 15.2. The fourth-order valence-corrected chi connectivity index (χ4v) is 2.91. The number of methoxy groups -OCH3 is 2. The molecule has 0 fully saturated rings. The van der Waals surface area contributed by atoms with Crippen molar-refractivity contribution in [2.75, 3.05) is 14.2 Å². The minimum absolute atomic E-state index is 0.0211. The molecule has 0 aliphatic carbocycles. The second kappa shape index (κ2) is 7.49. The van der Waals surface area contributed by atoms with Gasteiger partial charge in [0.25, 0.3) is 11.8 Å². The lowest BCUT2D eigenvalue weighted by molar-refractivity contribution is -0.149. The van der Waals surface area contributed by atoms with Crippen LogP contribution in [-0.2, 0) is 16.1 Å². The third-order valence-corrected chi connectivity index (χ3v) is 4.38. The van der Waals surface area contributed by atoms with Gasteiger partial charge < -0.3 is 14.2 Å². The molecule has 1 aliphatic rings. The van der Waals surface area contributed by atoms with Crippen LogP contribution in [0.5, 0.6) is 11.5 Å². The number of nitrogens with zero attached hydrogens (tertiary/aromatic N) is 1. The largest absolute Gasteiger partial charge is 0.493 e. The van der Waals surface area contributed by atoms with Crippen LogP contribution in [-0.4, -0.2) is 42.9 Å². The van der Waals surface area contributed by atoms with Crippen molar-refractivity contribution < 1.29 is 28.6 Å². The van der Waals surface area contributed by atoms with Crippen LogP contribution in [0.15, 0.2) is 42.5 Å². The molecule has 0 spiro atoms. The zero-order valence-electron chi connectivity index (χ0n) is 15.2. The molecular formula is C20H19NO6. The van der Waals surface area contributed by atoms with Crippen LogP contribution in [0.4, 0.5) is 0 Å². The van der Waals surface area contributed by atoms with E-state index in [0.717, 1.165) is 4.90 Å². The first-order valence-corrected chi connectivity index (χ1v) is 8.32. The van der Waals surface area contributed by atoms with E-state index in [0.29, 0.717) is 28.2 Å². The van der Waals surface area contributed by atoms with Crippen LogP contribution in [0.25, 0.3) is 0 Å². The Hall–Kier alpha value is -3.35. The Kier molecular flexibility index (Phi) is 5.12. The SMILES string of the molecule is COc1ccc(COC(=O)[C@H](C)N2C(=O)c3ccccc3C2=O)cc1OC. The molecule has 1 heterocycles. The number of hydrogen-bond acceptors (Lipinski definition) is 6. The molecule has 7 nitrogen and oxygen atoms in total. The van der Waals surface area contributed by atoms with Gasteiger partial charge in [-0.05, 0) is 36.8 Å². The molecule has 140 valence electrons. The summed E-state index contributed by atoms with van der Waals surface area (Å²) in [7, 11) is 3.04. The summed E-state index contributed by atoms with van der Waals surface area (Å²) in [5.74, 6) is -0.581. The van der Waals surface area contributed by atoms with E-state index in [4.69, 9.17) is 14.2 Å².